The molecular formula is C58H54Cl2N8O10S. The summed E-state index contributed by atoms with van der Waals surface area (Å²) in [6.07, 6.45) is 5.57. The Labute approximate surface area is 464 Å². The molecule has 4 aromatic heterocycles. The van der Waals surface area contributed by atoms with Crippen LogP contribution in [0.5, 0.6) is 23.0 Å². The van der Waals surface area contributed by atoms with Gasteiger partial charge in [-0.3, -0.25) is 29.1 Å². The molecule has 21 heteroatoms. The van der Waals surface area contributed by atoms with E-state index >= 15 is 0 Å². The fraction of sp³-hybridized carbons (Fsp3) is 0.207. The van der Waals surface area contributed by atoms with Crippen LogP contribution in [0.25, 0.3) is 55.2 Å². The molecule has 0 aliphatic rings. The molecule has 0 fully saturated rings. The van der Waals surface area contributed by atoms with Crippen molar-refractivity contribution >= 4 is 99.0 Å². The van der Waals surface area contributed by atoms with E-state index in [1.54, 1.807) is 67.0 Å². The van der Waals surface area contributed by atoms with Gasteiger partial charge in [-0.15, -0.1) is 30.0 Å². The lowest BCUT2D eigenvalue weighted by Gasteiger charge is -2.23. The van der Waals surface area contributed by atoms with Gasteiger partial charge in [0.2, 0.25) is 9.23 Å². The van der Waals surface area contributed by atoms with Crippen LogP contribution in [0.15, 0.2) is 134 Å². The van der Waals surface area contributed by atoms with Gasteiger partial charge in [-0.2, -0.15) is 0 Å². The number of rotatable bonds is 11. The molecule has 0 unspecified atom stereocenters. The van der Waals surface area contributed by atoms with Gasteiger partial charge in [0.25, 0.3) is 0 Å². The van der Waals surface area contributed by atoms with Gasteiger partial charge in [0.1, 0.15) is 61.7 Å². The molecule has 0 bridgehead atoms. The van der Waals surface area contributed by atoms with Crippen molar-refractivity contribution in [3.8, 4) is 34.4 Å². The molecule has 0 atom stereocenters. The van der Waals surface area contributed by atoms with E-state index < -0.39 is 21.2 Å². The van der Waals surface area contributed by atoms with Crippen LogP contribution in [0.4, 0.5) is 0 Å². The van der Waals surface area contributed by atoms with E-state index in [0.717, 1.165) is 56.9 Å². The first-order valence-corrected chi connectivity index (χ1v) is 27.3. The molecule has 0 aliphatic carbocycles. The van der Waals surface area contributed by atoms with E-state index in [1.165, 1.54) is 15.7 Å². The maximum Gasteiger partial charge on any atom is 0.311 e. The first-order chi connectivity index (χ1) is 37.6. The molecule has 0 aliphatic heterocycles. The highest BCUT2D eigenvalue weighted by atomic mass is 36.0. The maximum absolute atomic E-state index is 12.8. The second-order valence-corrected chi connectivity index (χ2v) is 22.4. The summed E-state index contributed by atoms with van der Waals surface area (Å²) in [5.74, 6) is -0.656. The highest BCUT2D eigenvalue weighted by Crippen LogP contribution is 2.38. The molecule has 18 nitrogen and oxygen atoms in total. The van der Waals surface area contributed by atoms with Gasteiger partial charge in [-0.25, -0.2) is 4.21 Å². The smallest absolute Gasteiger partial charge is 0.311 e. The molecule has 0 saturated heterocycles. The number of carbonyl (C=O) groups excluding carboxylic acids is 3. The quantitative estimate of drug-likeness (QED) is 0.0406. The molecule has 406 valence electrons. The lowest BCUT2D eigenvalue weighted by molar-refractivity contribution is -0.137. The number of aryl methyl sites for hydroxylation is 2. The largest absolute Gasteiger partial charge is 0.506 e. The lowest BCUT2D eigenvalue weighted by atomic mass is 9.84. The number of benzene rings is 6. The van der Waals surface area contributed by atoms with E-state index in [-0.39, 0.29) is 40.9 Å². The first kappa shape index (κ1) is 58.0. The van der Waals surface area contributed by atoms with E-state index in [4.69, 9.17) is 14.1 Å². The number of aromatic hydroxyl groups is 3. The molecule has 0 radical (unpaired) electrons. The summed E-state index contributed by atoms with van der Waals surface area (Å²) in [7, 11) is 7.36. The first-order valence-electron chi connectivity index (χ1n) is 24.5. The number of aromatic nitrogens is 8. The third-order valence-corrected chi connectivity index (χ3v) is 12.2. The van der Waals surface area contributed by atoms with Gasteiger partial charge in [-0.05, 0) is 108 Å². The van der Waals surface area contributed by atoms with Crippen molar-refractivity contribution < 1.29 is 48.6 Å². The van der Waals surface area contributed by atoms with Crippen molar-refractivity contribution in [3.63, 3.8) is 0 Å². The molecule has 0 spiro atoms. The number of phenolic OH excluding ortho intramolecular Hbond substituents is 3. The average molecular weight is 1130 g/mol. The summed E-state index contributed by atoms with van der Waals surface area (Å²) in [4.78, 5) is 56.8. The predicted molar refractivity (Wildman–Crippen MR) is 304 cm³/mol. The van der Waals surface area contributed by atoms with Crippen LogP contribution in [-0.4, -0.2) is 89.1 Å². The van der Waals surface area contributed by atoms with Gasteiger partial charge in [0.05, 0.1) is 0 Å². The Balaban J connectivity index is 0.000000184. The fourth-order valence-electron chi connectivity index (χ4n) is 8.33. The minimum Gasteiger partial charge on any atom is -0.506 e. The maximum atomic E-state index is 12.8. The highest BCUT2D eigenvalue weighted by Gasteiger charge is 2.25. The summed E-state index contributed by atoms with van der Waals surface area (Å²) in [6, 6.07) is 35.5. The third kappa shape index (κ3) is 14.5. The summed E-state index contributed by atoms with van der Waals surface area (Å²) in [6.45, 7) is 12.0. The zero-order valence-corrected chi connectivity index (χ0v) is 46.0. The molecular weight excluding hydrogens is 1070 g/mol. The van der Waals surface area contributed by atoms with Crippen molar-refractivity contribution in [2.75, 3.05) is 0 Å². The Kier molecular flexibility index (Phi) is 18.5. The molecule has 0 amide bonds. The average Bonchev–Trinajstić information content (AvgIpc) is 4.12. The van der Waals surface area contributed by atoms with Crippen LogP contribution in [0, 0.1) is 0 Å². The second kappa shape index (κ2) is 25.2. The Morgan fingerprint density at radius 3 is 1.41 bits per heavy atom. The van der Waals surface area contributed by atoms with E-state index in [9.17, 15) is 34.5 Å². The predicted octanol–water partition coefficient (Wildman–Crippen LogP) is 11.6. The van der Waals surface area contributed by atoms with Crippen molar-refractivity contribution in [2.45, 2.75) is 78.1 Å². The monoisotopic (exact) mass is 1120 g/mol. The number of pyridine rings is 2. The van der Waals surface area contributed by atoms with Gasteiger partial charge < -0.3 is 25.2 Å². The van der Waals surface area contributed by atoms with E-state index in [2.05, 4.69) is 51.7 Å². The zero-order chi connectivity index (χ0) is 57.2. The third-order valence-electron chi connectivity index (χ3n) is 12.2. The van der Waals surface area contributed by atoms with Crippen LogP contribution >= 0.6 is 21.4 Å². The summed E-state index contributed by atoms with van der Waals surface area (Å²) >= 11 is 0. The van der Waals surface area contributed by atoms with Gasteiger partial charge in [-0.1, -0.05) is 90.1 Å². The zero-order valence-electron chi connectivity index (χ0n) is 43.7. The van der Waals surface area contributed by atoms with E-state index in [0.29, 0.717) is 62.9 Å². The number of hydrogen-bond acceptors (Lipinski definition) is 15. The molecule has 6 aromatic carbocycles. The number of ether oxygens (including phenoxy) is 1. The Bertz CT molecular complexity index is 3840. The molecule has 79 heavy (non-hydrogen) atoms. The Hall–Kier alpha value is -8.65. The van der Waals surface area contributed by atoms with Gasteiger partial charge in [0.15, 0.2) is 18.3 Å². The second-order valence-electron chi connectivity index (χ2n) is 19.9. The number of phenols is 3. The minimum atomic E-state index is -1.67. The Morgan fingerprint density at radius 1 is 0.582 bits per heavy atom. The number of aldehydes is 2. The van der Waals surface area contributed by atoms with E-state index in [1.807, 2.05) is 102 Å². The van der Waals surface area contributed by atoms with Crippen molar-refractivity contribution in [2.24, 2.45) is 0 Å². The normalized spacial score (nSPS) is 11.3. The molecule has 4 heterocycles. The number of fused-ring (bicyclic) bond motifs is 4. The molecule has 4 N–H and O–H groups in total. The SMILES string of the molecule is CC(C)(C)c1cc(CCC(=O)O)cc(-n2nc3ccccc3n2)c1O.CC(C)(C)c1cc(CCC(=O)Oc2ccc(C=O)c3cccnc23)cc(-n2nc3ccccc3n2)c1O.O=Cc1ccc(O)c2ncccc12.O=S(Cl)Cl. The Morgan fingerprint density at radius 2 is 0.987 bits per heavy atom. The topological polar surface area (TPSA) is 263 Å². The minimum absolute atomic E-state index is 0.0301. The lowest BCUT2D eigenvalue weighted by Crippen LogP contribution is -2.15. The van der Waals surface area contributed by atoms with Crippen molar-refractivity contribution in [1.82, 2.24) is 40.0 Å². The van der Waals surface area contributed by atoms with Gasteiger partial charge in [0, 0.05) is 79.6 Å². The van der Waals surface area contributed by atoms with Crippen molar-refractivity contribution in [1.29, 1.82) is 0 Å². The molecule has 10 rings (SSSR count). The number of nitrogens with zero attached hydrogens (tertiary/aromatic N) is 8. The number of esters is 1. The number of carboxylic acids is 1. The fourth-order valence-corrected chi connectivity index (χ4v) is 8.33. The van der Waals surface area contributed by atoms with Crippen LogP contribution < -0.4 is 4.74 Å². The van der Waals surface area contributed by atoms with Crippen molar-refractivity contribution in [3.05, 3.63) is 167 Å². The van der Waals surface area contributed by atoms with Crippen LogP contribution in [0.1, 0.15) is 97.4 Å². The van der Waals surface area contributed by atoms with Crippen LogP contribution in [0.2, 0.25) is 0 Å². The summed E-state index contributed by atoms with van der Waals surface area (Å²) < 4.78 is 14.7. The number of aliphatic carboxylic acids is 1. The summed E-state index contributed by atoms with van der Waals surface area (Å²) in [5.41, 5.74) is 8.25. The number of carboxylic acid groups (broad SMARTS) is 1. The van der Waals surface area contributed by atoms with Crippen LogP contribution in [-0.2, 0) is 42.5 Å². The van der Waals surface area contributed by atoms with Gasteiger partial charge >= 0.3 is 11.9 Å². The number of carbonyl (C=O) groups is 4. The summed E-state index contributed by atoms with van der Waals surface area (Å²) in [5, 5.41) is 59.5. The molecule has 10 aromatic rings. The number of halogens is 2. The standard InChI is InChI=1S/C29H26N4O4.C19H21N3O3.C10H7NO2.Cl2OS/c1-29(2,3)21-15-18(16-24(28(21)36)33-31-22-8-4-5-9-23(22)32-33)10-13-26(35)37-25-12-11-19(17-34)20-7-6-14-30-27(20)25;1-19(2,3)13-10-12(8-9-17(23)24)11-16(18(13)25)22-20-14-6-4-5-7-15(14)21-22;12-6-7-3-4-9(13)10-8(7)2-1-5-11-10;1-4(2)3/h4-9,11-12,14-17,36H,10,13H2,1-3H3;4-7,10-11,25H,8-9H2,1-3H3,(H,23,24);1-6,13H;. The molecule has 0 saturated carbocycles. The number of hydrogen-bond donors (Lipinski definition) is 4. The van der Waals surface area contributed by atoms with Crippen LogP contribution in [0.3, 0.4) is 0 Å². The highest BCUT2D eigenvalue weighted by molar-refractivity contribution is 8.26.